The maximum Gasteiger partial charge on any atom is 0.422 e. The first-order chi connectivity index (χ1) is 11.8. The average molecular weight is 397 g/mol. The highest BCUT2D eigenvalue weighted by Gasteiger charge is 2.29. The first-order valence-corrected chi connectivity index (χ1v) is 8.16. The molecule has 1 amide bonds. The highest BCUT2D eigenvalue weighted by atomic mass is 35.5. The maximum absolute atomic E-state index is 12.3. The first-order valence-electron chi connectivity index (χ1n) is 8.16. The van der Waals surface area contributed by atoms with E-state index in [0.717, 1.165) is 18.5 Å². The molecule has 9 heteroatoms. The Bertz CT molecular complexity index is 599. The van der Waals surface area contributed by atoms with Gasteiger partial charge in [-0.1, -0.05) is 6.07 Å². The van der Waals surface area contributed by atoms with Crippen LogP contribution in [0.15, 0.2) is 18.2 Å². The topological polar surface area (TPSA) is 64.8 Å². The van der Waals surface area contributed by atoms with Crippen molar-refractivity contribution in [2.24, 2.45) is 11.7 Å². The zero-order chi connectivity index (χ0) is 18.4. The van der Waals surface area contributed by atoms with Gasteiger partial charge in [0, 0.05) is 19.5 Å². The Balaban J connectivity index is 0.00000338. The molecule has 1 atom stereocenters. The van der Waals surface area contributed by atoms with E-state index in [0.29, 0.717) is 31.8 Å². The Morgan fingerprint density at radius 1 is 1.35 bits per heavy atom. The summed E-state index contributed by atoms with van der Waals surface area (Å²) < 4.78 is 46.6. The minimum atomic E-state index is -4.41. The first kappa shape index (κ1) is 22.4. The molecule has 0 aliphatic carbocycles. The molecule has 26 heavy (non-hydrogen) atoms. The zero-order valence-corrected chi connectivity index (χ0v) is 15.4. The summed E-state index contributed by atoms with van der Waals surface area (Å²) in [6.07, 6.45) is -2.66. The van der Waals surface area contributed by atoms with E-state index < -0.39 is 12.8 Å². The van der Waals surface area contributed by atoms with Gasteiger partial charge in [0.05, 0.1) is 7.11 Å². The van der Waals surface area contributed by atoms with Crippen molar-refractivity contribution in [3.05, 3.63) is 23.8 Å². The van der Waals surface area contributed by atoms with Crippen LogP contribution in [0.2, 0.25) is 0 Å². The molecule has 1 fully saturated rings. The third-order valence-corrected chi connectivity index (χ3v) is 4.22. The summed E-state index contributed by atoms with van der Waals surface area (Å²) in [7, 11) is 1.36. The van der Waals surface area contributed by atoms with Crippen LogP contribution in [0.5, 0.6) is 11.5 Å². The number of amides is 1. The minimum absolute atomic E-state index is 0. The molecule has 0 spiro atoms. The molecule has 5 nitrogen and oxygen atoms in total. The van der Waals surface area contributed by atoms with Gasteiger partial charge >= 0.3 is 6.18 Å². The van der Waals surface area contributed by atoms with E-state index in [9.17, 15) is 18.0 Å². The van der Waals surface area contributed by atoms with E-state index >= 15 is 0 Å². The summed E-state index contributed by atoms with van der Waals surface area (Å²) >= 11 is 0. The molecular weight excluding hydrogens is 373 g/mol. The third-order valence-electron chi connectivity index (χ3n) is 4.22. The van der Waals surface area contributed by atoms with Gasteiger partial charge < -0.3 is 20.1 Å². The quantitative estimate of drug-likeness (QED) is 0.769. The molecule has 0 saturated carbocycles. The van der Waals surface area contributed by atoms with Gasteiger partial charge in [-0.2, -0.15) is 13.2 Å². The number of nitrogens with zero attached hydrogens (tertiary/aromatic N) is 1. The smallest absolute Gasteiger partial charge is 0.422 e. The van der Waals surface area contributed by atoms with Crippen molar-refractivity contribution in [1.29, 1.82) is 0 Å². The fraction of sp³-hybridized carbons (Fsp3) is 0.588. The summed E-state index contributed by atoms with van der Waals surface area (Å²) in [4.78, 5) is 14.0. The molecular formula is C17H24ClF3N2O3. The number of hydrogen-bond acceptors (Lipinski definition) is 4. The van der Waals surface area contributed by atoms with E-state index in [1.165, 1.54) is 13.2 Å². The largest absolute Gasteiger partial charge is 0.493 e. The van der Waals surface area contributed by atoms with Crippen molar-refractivity contribution in [1.82, 2.24) is 4.90 Å². The Kier molecular flexibility index (Phi) is 8.49. The number of halogens is 4. The molecule has 0 radical (unpaired) electrons. The second-order valence-electron chi connectivity index (χ2n) is 6.12. The van der Waals surface area contributed by atoms with Crippen molar-refractivity contribution in [2.45, 2.75) is 25.4 Å². The molecule has 1 aromatic rings. The van der Waals surface area contributed by atoms with Crippen LogP contribution in [0, 0.1) is 5.92 Å². The van der Waals surface area contributed by atoms with Crippen LogP contribution in [0.4, 0.5) is 13.2 Å². The Morgan fingerprint density at radius 3 is 2.65 bits per heavy atom. The zero-order valence-electron chi connectivity index (χ0n) is 14.6. The highest BCUT2D eigenvalue weighted by molar-refractivity contribution is 5.85. The van der Waals surface area contributed by atoms with Gasteiger partial charge in [0.2, 0.25) is 5.91 Å². The standard InChI is InChI=1S/C17H23F3N2O3.ClH/c1-24-15-8-12(2-4-14(15)25-11-17(18,19)20)3-5-16(23)22-7-6-13(9-21)10-22;/h2,4,8,13H,3,5-7,9-11,21H2,1H3;1H. The number of likely N-dealkylation sites (tertiary alicyclic amines) is 1. The molecule has 1 heterocycles. The van der Waals surface area contributed by atoms with Crippen LogP contribution < -0.4 is 15.2 Å². The lowest BCUT2D eigenvalue weighted by atomic mass is 10.1. The van der Waals surface area contributed by atoms with Crippen LogP contribution in [0.3, 0.4) is 0 Å². The summed E-state index contributed by atoms with van der Waals surface area (Å²) in [5.74, 6) is 0.681. The summed E-state index contributed by atoms with van der Waals surface area (Å²) in [5, 5.41) is 0. The summed E-state index contributed by atoms with van der Waals surface area (Å²) in [6.45, 7) is 0.635. The van der Waals surface area contributed by atoms with Gasteiger partial charge in [0.25, 0.3) is 0 Å². The van der Waals surface area contributed by atoms with Gasteiger partial charge in [-0.05, 0) is 43.0 Å². The third kappa shape index (κ3) is 6.57. The van der Waals surface area contributed by atoms with Gasteiger partial charge in [-0.25, -0.2) is 0 Å². The molecule has 1 aliphatic heterocycles. The number of nitrogens with two attached hydrogens (primary N) is 1. The van der Waals surface area contributed by atoms with Crippen molar-refractivity contribution in [3.63, 3.8) is 0 Å². The second kappa shape index (κ2) is 9.87. The maximum atomic E-state index is 12.3. The number of aryl methyl sites for hydroxylation is 1. The van der Waals surface area contributed by atoms with Crippen molar-refractivity contribution >= 4 is 18.3 Å². The predicted octanol–water partition coefficient (Wildman–Crippen LogP) is 2.80. The van der Waals surface area contributed by atoms with Crippen LogP contribution in [-0.2, 0) is 11.2 Å². The van der Waals surface area contributed by atoms with Gasteiger partial charge in [0.1, 0.15) is 0 Å². The SMILES string of the molecule is COc1cc(CCC(=O)N2CCC(CN)C2)ccc1OCC(F)(F)F.Cl. The molecule has 1 aliphatic rings. The number of alkyl halides is 3. The highest BCUT2D eigenvalue weighted by Crippen LogP contribution is 2.30. The van der Waals surface area contributed by atoms with Gasteiger partial charge in [-0.3, -0.25) is 4.79 Å². The number of hydrogen-bond donors (Lipinski definition) is 1. The van der Waals surface area contributed by atoms with Crippen LogP contribution in [0.25, 0.3) is 0 Å². The fourth-order valence-electron chi connectivity index (χ4n) is 2.81. The Morgan fingerprint density at radius 2 is 2.08 bits per heavy atom. The molecule has 0 bridgehead atoms. The molecule has 2 N–H and O–H groups in total. The number of rotatable bonds is 7. The average Bonchev–Trinajstić information content (AvgIpc) is 3.06. The van der Waals surface area contributed by atoms with Gasteiger partial charge in [0.15, 0.2) is 18.1 Å². The normalized spacial score (nSPS) is 17.0. The van der Waals surface area contributed by atoms with Crippen LogP contribution in [0.1, 0.15) is 18.4 Å². The van der Waals surface area contributed by atoms with Crippen molar-refractivity contribution in [2.75, 3.05) is 33.4 Å². The van der Waals surface area contributed by atoms with E-state index in [1.54, 1.807) is 12.1 Å². The fourth-order valence-corrected chi connectivity index (χ4v) is 2.81. The Hall–Kier alpha value is -1.67. The molecule has 148 valence electrons. The van der Waals surface area contributed by atoms with E-state index in [-0.39, 0.29) is 29.8 Å². The van der Waals surface area contributed by atoms with E-state index in [4.69, 9.17) is 15.2 Å². The lowest BCUT2D eigenvalue weighted by Crippen LogP contribution is -2.30. The number of methoxy groups -OCH3 is 1. The van der Waals surface area contributed by atoms with E-state index in [1.807, 2.05) is 4.90 Å². The predicted molar refractivity (Wildman–Crippen MR) is 93.9 cm³/mol. The number of carbonyl (C=O) groups is 1. The molecule has 1 aromatic carbocycles. The summed E-state index contributed by atoms with van der Waals surface area (Å²) in [6, 6.07) is 4.69. The molecule has 0 aromatic heterocycles. The summed E-state index contributed by atoms with van der Waals surface area (Å²) in [5.41, 5.74) is 6.43. The molecule has 1 unspecified atom stereocenters. The van der Waals surface area contributed by atoms with Gasteiger partial charge in [-0.15, -0.1) is 12.4 Å². The van der Waals surface area contributed by atoms with Crippen molar-refractivity contribution in [3.8, 4) is 11.5 Å². The number of benzene rings is 1. The van der Waals surface area contributed by atoms with Crippen LogP contribution in [-0.4, -0.2) is 50.3 Å². The lowest BCUT2D eigenvalue weighted by molar-refractivity contribution is -0.153. The second-order valence-corrected chi connectivity index (χ2v) is 6.12. The lowest BCUT2D eigenvalue weighted by Gasteiger charge is -2.17. The van der Waals surface area contributed by atoms with Crippen molar-refractivity contribution < 1.29 is 27.4 Å². The number of ether oxygens (including phenoxy) is 2. The molecule has 2 rings (SSSR count). The van der Waals surface area contributed by atoms with Crippen LogP contribution >= 0.6 is 12.4 Å². The molecule has 1 saturated heterocycles. The Labute approximate surface area is 157 Å². The minimum Gasteiger partial charge on any atom is -0.493 e. The van der Waals surface area contributed by atoms with E-state index in [2.05, 4.69) is 0 Å². The number of carbonyl (C=O) groups excluding carboxylic acids is 1. The monoisotopic (exact) mass is 396 g/mol.